The number of aryl methyl sites for hydroxylation is 1. The molecule has 1 atom stereocenters. The number of sulfonamides is 1. The summed E-state index contributed by atoms with van der Waals surface area (Å²) in [6, 6.07) is 7.68. The maximum atomic E-state index is 13.1. The molecule has 1 aliphatic heterocycles. The summed E-state index contributed by atoms with van der Waals surface area (Å²) in [5.74, 6) is 0.768. The highest BCUT2D eigenvalue weighted by Crippen LogP contribution is 2.30. The average Bonchev–Trinajstić information content (AvgIpc) is 3.31. The lowest BCUT2D eigenvalue weighted by atomic mass is 10.2. The molecule has 140 valence electrons. The largest absolute Gasteiger partial charge is 0.497 e. The highest BCUT2D eigenvalue weighted by atomic mass is 32.2. The van der Waals surface area contributed by atoms with Gasteiger partial charge in [-0.05, 0) is 43.5 Å². The molecule has 3 rings (SSSR count). The van der Waals surface area contributed by atoms with Crippen molar-refractivity contribution in [1.29, 1.82) is 0 Å². The fourth-order valence-corrected chi connectivity index (χ4v) is 5.00. The van der Waals surface area contributed by atoms with E-state index in [0.717, 1.165) is 0 Å². The summed E-state index contributed by atoms with van der Waals surface area (Å²) < 4.78 is 37.9. The number of carbonyl (C=O) groups is 1. The predicted molar refractivity (Wildman–Crippen MR) is 95.2 cm³/mol. The molecule has 1 fully saturated rings. The van der Waals surface area contributed by atoms with E-state index in [0.29, 0.717) is 36.5 Å². The van der Waals surface area contributed by atoms with Gasteiger partial charge in [-0.15, -0.1) is 0 Å². The van der Waals surface area contributed by atoms with E-state index in [2.05, 4.69) is 5.32 Å². The van der Waals surface area contributed by atoms with E-state index in [1.807, 2.05) is 0 Å². The molecule has 0 aliphatic carbocycles. The number of hydrogen-bond donors (Lipinski definition) is 1. The van der Waals surface area contributed by atoms with E-state index in [1.165, 1.54) is 23.7 Å². The Morgan fingerprint density at radius 1 is 1.38 bits per heavy atom. The maximum absolute atomic E-state index is 13.1. The first-order valence-electron chi connectivity index (χ1n) is 8.40. The second-order valence-corrected chi connectivity index (χ2v) is 8.06. The number of amides is 1. The number of hydrogen-bond acceptors (Lipinski definition) is 5. The van der Waals surface area contributed by atoms with Crippen LogP contribution in [-0.2, 0) is 21.4 Å². The van der Waals surface area contributed by atoms with Crippen LogP contribution in [-0.4, -0.2) is 38.3 Å². The summed E-state index contributed by atoms with van der Waals surface area (Å²) in [5.41, 5.74) is 0.618. The van der Waals surface area contributed by atoms with Gasteiger partial charge in [0, 0.05) is 12.6 Å². The van der Waals surface area contributed by atoms with Gasteiger partial charge in [-0.25, -0.2) is 8.42 Å². The molecule has 7 nitrogen and oxygen atoms in total. The monoisotopic (exact) mass is 378 g/mol. The van der Waals surface area contributed by atoms with E-state index in [4.69, 9.17) is 9.15 Å². The number of rotatable bonds is 6. The molecule has 0 spiro atoms. The minimum absolute atomic E-state index is 0.169. The number of furan rings is 1. The second kappa shape index (κ2) is 7.51. The number of ether oxygens (including phenoxy) is 1. The molecule has 1 aromatic heterocycles. The van der Waals surface area contributed by atoms with Crippen LogP contribution in [0.1, 0.15) is 24.2 Å². The summed E-state index contributed by atoms with van der Waals surface area (Å²) >= 11 is 0. The van der Waals surface area contributed by atoms with E-state index in [1.54, 1.807) is 31.2 Å². The molecule has 8 heteroatoms. The molecular formula is C18H22N2O5S. The highest BCUT2D eigenvalue weighted by molar-refractivity contribution is 7.89. The Hall–Kier alpha value is -2.32. The first kappa shape index (κ1) is 18.5. The van der Waals surface area contributed by atoms with Crippen molar-refractivity contribution in [1.82, 2.24) is 9.62 Å². The Morgan fingerprint density at radius 3 is 2.88 bits per heavy atom. The Labute approximate surface area is 153 Å². The summed E-state index contributed by atoms with van der Waals surface area (Å²) in [6.45, 7) is 2.28. The van der Waals surface area contributed by atoms with E-state index in [-0.39, 0.29) is 17.3 Å². The van der Waals surface area contributed by atoms with Crippen molar-refractivity contribution in [2.75, 3.05) is 13.7 Å². The van der Waals surface area contributed by atoms with E-state index < -0.39 is 16.1 Å². The SMILES string of the molecule is COc1ccc(C)c(S(=O)(=O)N2CCCC2C(=O)NCc2ccco2)c1. The second-order valence-electron chi connectivity index (χ2n) is 6.20. The van der Waals surface area contributed by atoms with Crippen LogP contribution in [0.25, 0.3) is 0 Å². The normalized spacial score (nSPS) is 18.0. The number of nitrogens with zero attached hydrogens (tertiary/aromatic N) is 1. The molecule has 1 aromatic carbocycles. The zero-order chi connectivity index (χ0) is 18.7. The molecule has 1 saturated heterocycles. The fraction of sp³-hybridized carbons (Fsp3) is 0.389. The number of benzene rings is 1. The van der Waals surface area contributed by atoms with Gasteiger partial charge in [0.15, 0.2) is 0 Å². The summed E-state index contributed by atoms with van der Waals surface area (Å²) in [6.07, 6.45) is 2.66. The number of methoxy groups -OCH3 is 1. The van der Waals surface area contributed by atoms with Crippen LogP contribution in [0.3, 0.4) is 0 Å². The quantitative estimate of drug-likeness (QED) is 0.831. The molecule has 1 amide bonds. The van der Waals surface area contributed by atoms with Crippen molar-refractivity contribution >= 4 is 15.9 Å². The Kier molecular flexibility index (Phi) is 5.33. The van der Waals surface area contributed by atoms with Gasteiger partial charge in [-0.2, -0.15) is 4.31 Å². The van der Waals surface area contributed by atoms with Crippen LogP contribution >= 0.6 is 0 Å². The van der Waals surface area contributed by atoms with Gasteiger partial charge >= 0.3 is 0 Å². The van der Waals surface area contributed by atoms with Crippen LogP contribution in [0, 0.1) is 6.92 Å². The summed E-state index contributed by atoms with van der Waals surface area (Å²) in [5, 5.41) is 2.75. The van der Waals surface area contributed by atoms with Crippen molar-refractivity contribution in [3.63, 3.8) is 0 Å². The Balaban J connectivity index is 1.81. The van der Waals surface area contributed by atoms with Crippen LogP contribution in [0.5, 0.6) is 5.75 Å². The van der Waals surface area contributed by atoms with E-state index >= 15 is 0 Å². The third-order valence-electron chi connectivity index (χ3n) is 4.51. The first-order chi connectivity index (χ1) is 12.4. The Bertz CT molecular complexity index is 877. The lowest BCUT2D eigenvalue weighted by Gasteiger charge is -2.24. The molecule has 1 unspecified atom stereocenters. The Morgan fingerprint density at radius 2 is 2.19 bits per heavy atom. The minimum atomic E-state index is -3.80. The van der Waals surface area contributed by atoms with Gasteiger partial charge in [-0.3, -0.25) is 4.79 Å². The molecule has 1 N–H and O–H groups in total. The molecule has 1 aliphatic rings. The van der Waals surface area contributed by atoms with Crippen LogP contribution in [0.15, 0.2) is 45.9 Å². The van der Waals surface area contributed by atoms with Crippen molar-refractivity contribution in [3.05, 3.63) is 47.9 Å². The third kappa shape index (κ3) is 3.61. The predicted octanol–water partition coefficient (Wildman–Crippen LogP) is 2.07. The smallest absolute Gasteiger partial charge is 0.244 e. The third-order valence-corrected chi connectivity index (χ3v) is 6.56. The molecular weight excluding hydrogens is 356 g/mol. The van der Waals surface area contributed by atoms with Gasteiger partial charge in [0.2, 0.25) is 15.9 Å². The van der Waals surface area contributed by atoms with Gasteiger partial charge < -0.3 is 14.5 Å². The first-order valence-corrected chi connectivity index (χ1v) is 9.84. The van der Waals surface area contributed by atoms with Crippen LogP contribution < -0.4 is 10.1 Å². The molecule has 2 heterocycles. The molecule has 0 bridgehead atoms. The van der Waals surface area contributed by atoms with Gasteiger partial charge in [0.05, 0.1) is 24.8 Å². The van der Waals surface area contributed by atoms with Gasteiger partial charge in [0.25, 0.3) is 0 Å². The van der Waals surface area contributed by atoms with E-state index in [9.17, 15) is 13.2 Å². The minimum Gasteiger partial charge on any atom is -0.497 e. The fourth-order valence-electron chi connectivity index (χ4n) is 3.11. The average molecular weight is 378 g/mol. The lowest BCUT2D eigenvalue weighted by molar-refractivity contribution is -0.124. The molecule has 26 heavy (non-hydrogen) atoms. The summed E-state index contributed by atoms with van der Waals surface area (Å²) in [4.78, 5) is 12.7. The number of nitrogens with one attached hydrogen (secondary N) is 1. The molecule has 2 aromatic rings. The van der Waals surface area contributed by atoms with Crippen molar-refractivity contribution in [3.8, 4) is 5.75 Å². The molecule has 0 saturated carbocycles. The van der Waals surface area contributed by atoms with Crippen molar-refractivity contribution < 1.29 is 22.4 Å². The van der Waals surface area contributed by atoms with Gasteiger partial charge in [0.1, 0.15) is 17.6 Å². The lowest BCUT2D eigenvalue weighted by Crippen LogP contribution is -2.45. The van der Waals surface area contributed by atoms with Crippen LogP contribution in [0.4, 0.5) is 0 Å². The number of carbonyl (C=O) groups excluding carboxylic acids is 1. The standard InChI is InChI=1S/C18H22N2O5S/c1-13-7-8-14(24-2)11-17(13)26(22,23)20-9-3-6-16(20)18(21)19-12-15-5-4-10-25-15/h4-5,7-8,10-11,16H,3,6,9,12H2,1-2H3,(H,19,21). The van der Waals surface area contributed by atoms with Crippen LogP contribution in [0.2, 0.25) is 0 Å². The summed E-state index contributed by atoms with van der Waals surface area (Å²) in [7, 11) is -2.31. The zero-order valence-corrected chi connectivity index (χ0v) is 15.6. The zero-order valence-electron chi connectivity index (χ0n) is 14.8. The topological polar surface area (TPSA) is 88.9 Å². The maximum Gasteiger partial charge on any atom is 0.244 e. The van der Waals surface area contributed by atoms with Gasteiger partial charge in [-0.1, -0.05) is 6.07 Å². The highest BCUT2D eigenvalue weighted by Gasteiger charge is 2.40. The molecule has 0 radical (unpaired) electrons. The van der Waals surface area contributed by atoms with Crippen molar-refractivity contribution in [2.24, 2.45) is 0 Å². The van der Waals surface area contributed by atoms with Crippen molar-refractivity contribution in [2.45, 2.75) is 37.2 Å².